The first-order valence-electron chi connectivity index (χ1n) is 7.94. The van der Waals surface area contributed by atoms with Crippen LogP contribution in [-0.2, 0) is 16.1 Å². The smallest absolute Gasteiger partial charge is 0.319 e. The van der Waals surface area contributed by atoms with Gasteiger partial charge in [0.15, 0.2) is 0 Å². The van der Waals surface area contributed by atoms with E-state index in [9.17, 15) is 13.6 Å². The SMILES string of the molecule is O=C(OCc1cccc2ncccc12)C12C3CC(CC31)C2(F)F. The zero-order valence-corrected chi connectivity index (χ0v) is 12.3. The number of hydrogen-bond acceptors (Lipinski definition) is 3. The Labute approximate surface area is 131 Å². The minimum absolute atomic E-state index is 0.0177. The number of pyridine rings is 1. The number of fused-ring (bicyclic) bond motifs is 1. The van der Waals surface area contributed by atoms with Gasteiger partial charge in [-0.25, -0.2) is 8.78 Å². The number of nitrogens with zero attached hydrogens (tertiary/aromatic N) is 1. The third-order valence-corrected chi connectivity index (χ3v) is 6.12. The van der Waals surface area contributed by atoms with Gasteiger partial charge in [-0.1, -0.05) is 18.2 Å². The Kier molecular flexibility index (Phi) is 2.37. The molecule has 4 saturated carbocycles. The first-order valence-corrected chi connectivity index (χ1v) is 7.94. The molecule has 4 bridgehead atoms. The molecule has 0 radical (unpaired) electrons. The van der Waals surface area contributed by atoms with Gasteiger partial charge < -0.3 is 4.74 Å². The van der Waals surface area contributed by atoms with Crippen molar-refractivity contribution in [3.8, 4) is 0 Å². The zero-order valence-electron chi connectivity index (χ0n) is 12.3. The highest BCUT2D eigenvalue weighted by molar-refractivity contribution is 5.86. The van der Waals surface area contributed by atoms with E-state index in [1.54, 1.807) is 6.20 Å². The molecule has 0 aliphatic heterocycles. The van der Waals surface area contributed by atoms with Crippen LogP contribution in [-0.4, -0.2) is 16.9 Å². The molecule has 3 nitrogen and oxygen atoms in total. The molecule has 1 aromatic carbocycles. The van der Waals surface area contributed by atoms with E-state index in [4.69, 9.17) is 4.74 Å². The van der Waals surface area contributed by atoms with Gasteiger partial charge in [0, 0.05) is 17.5 Å². The Hall–Kier alpha value is -2.04. The molecule has 2 aromatic rings. The number of carbonyl (C=O) groups excluding carboxylic acids is 1. The van der Waals surface area contributed by atoms with E-state index in [1.807, 2.05) is 30.3 Å². The number of halogens is 2. The lowest BCUT2D eigenvalue weighted by Crippen LogP contribution is -2.37. The Morgan fingerprint density at radius 2 is 2.00 bits per heavy atom. The predicted octanol–water partition coefficient (Wildman–Crippen LogP) is 3.57. The number of benzene rings is 1. The summed E-state index contributed by atoms with van der Waals surface area (Å²) in [6.45, 7) is 0.0177. The maximum absolute atomic E-state index is 14.4. The maximum atomic E-state index is 14.4. The predicted molar refractivity (Wildman–Crippen MR) is 78.6 cm³/mol. The molecule has 2 unspecified atom stereocenters. The second-order valence-corrected chi connectivity index (χ2v) is 6.94. The van der Waals surface area contributed by atoms with E-state index in [0.717, 1.165) is 16.5 Å². The van der Waals surface area contributed by atoms with Crippen LogP contribution in [0.3, 0.4) is 0 Å². The van der Waals surface area contributed by atoms with Crippen molar-refractivity contribution in [1.29, 1.82) is 0 Å². The van der Waals surface area contributed by atoms with Gasteiger partial charge in [0.1, 0.15) is 12.0 Å². The molecule has 23 heavy (non-hydrogen) atoms. The second kappa shape index (κ2) is 4.08. The molecule has 0 amide bonds. The molecule has 118 valence electrons. The fourth-order valence-corrected chi connectivity index (χ4v) is 5.07. The van der Waals surface area contributed by atoms with Gasteiger partial charge in [-0.05, 0) is 42.4 Å². The first-order chi connectivity index (χ1) is 11.1. The number of esters is 1. The highest BCUT2D eigenvalue weighted by Gasteiger charge is 2.92. The van der Waals surface area contributed by atoms with E-state index in [2.05, 4.69) is 4.98 Å². The zero-order chi connectivity index (χ0) is 15.8. The summed E-state index contributed by atoms with van der Waals surface area (Å²) in [6.07, 6.45) is 2.65. The van der Waals surface area contributed by atoms with Crippen LogP contribution in [0.15, 0.2) is 36.5 Å². The molecule has 4 aliphatic rings. The molecule has 2 atom stereocenters. The lowest BCUT2D eigenvalue weighted by atomic mass is 9.99. The van der Waals surface area contributed by atoms with Crippen LogP contribution in [0.25, 0.3) is 10.9 Å². The van der Waals surface area contributed by atoms with Crippen LogP contribution in [0.2, 0.25) is 0 Å². The molecule has 0 spiro atoms. The van der Waals surface area contributed by atoms with E-state index in [-0.39, 0.29) is 18.4 Å². The fourth-order valence-electron chi connectivity index (χ4n) is 5.07. The monoisotopic (exact) mass is 315 g/mol. The minimum atomic E-state index is -2.89. The number of carbonyl (C=O) groups is 1. The maximum Gasteiger partial charge on any atom is 0.319 e. The van der Waals surface area contributed by atoms with Gasteiger partial charge in [-0.2, -0.15) is 0 Å². The number of ether oxygens (including phenoxy) is 1. The Bertz CT molecular complexity index is 817. The van der Waals surface area contributed by atoms with Crippen molar-refractivity contribution in [2.24, 2.45) is 23.2 Å². The third kappa shape index (κ3) is 1.44. The molecule has 6 rings (SSSR count). The highest BCUT2D eigenvalue weighted by Crippen LogP contribution is 2.84. The van der Waals surface area contributed by atoms with Gasteiger partial charge in [-0.3, -0.25) is 9.78 Å². The second-order valence-electron chi connectivity index (χ2n) is 6.94. The van der Waals surface area contributed by atoms with Crippen LogP contribution in [0.1, 0.15) is 18.4 Å². The third-order valence-electron chi connectivity index (χ3n) is 6.12. The van der Waals surface area contributed by atoms with Crippen molar-refractivity contribution in [3.05, 3.63) is 42.1 Å². The first kappa shape index (κ1) is 13.4. The van der Waals surface area contributed by atoms with Gasteiger partial charge in [-0.15, -0.1) is 0 Å². The van der Waals surface area contributed by atoms with Crippen LogP contribution in [0.5, 0.6) is 0 Å². The Morgan fingerprint density at radius 1 is 1.22 bits per heavy atom. The van der Waals surface area contributed by atoms with Crippen molar-refractivity contribution in [2.45, 2.75) is 25.4 Å². The summed E-state index contributed by atoms with van der Waals surface area (Å²) in [4.78, 5) is 16.7. The van der Waals surface area contributed by atoms with E-state index < -0.39 is 23.2 Å². The molecule has 4 fully saturated rings. The van der Waals surface area contributed by atoms with Crippen LogP contribution < -0.4 is 0 Å². The molecule has 1 aromatic heterocycles. The fraction of sp³-hybridized carbons (Fsp3) is 0.444. The van der Waals surface area contributed by atoms with E-state index in [1.165, 1.54) is 0 Å². The quantitative estimate of drug-likeness (QED) is 0.813. The average molecular weight is 315 g/mol. The molecule has 1 heterocycles. The molecular formula is C18H15F2NO2. The Balaban J connectivity index is 1.40. The number of aromatic nitrogens is 1. The summed E-state index contributed by atoms with van der Waals surface area (Å²) in [7, 11) is 0. The van der Waals surface area contributed by atoms with Crippen molar-refractivity contribution in [1.82, 2.24) is 4.98 Å². The van der Waals surface area contributed by atoms with Gasteiger partial charge >= 0.3 is 5.97 Å². The van der Waals surface area contributed by atoms with E-state index in [0.29, 0.717) is 12.8 Å². The largest absolute Gasteiger partial charge is 0.460 e. The lowest BCUT2D eigenvalue weighted by molar-refractivity contribution is -0.169. The molecule has 5 heteroatoms. The molecular weight excluding hydrogens is 300 g/mol. The standard InChI is InChI=1S/C18H15F2NO2/c19-18(20)11-7-13-14(8-11)17(13,18)16(22)23-9-10-3-1-5-15-12(10)4-2-6-21-15/h1-6,11,13-14H,7-9H2. The van der Waals surface area contributed by atoms with Crippen LogP contribution in [0, 0.1) is 23.2 Å². The van der Waals surface area contributed by atoms with Gasteiger partial charge in [0.05, 0.1) is 5.52 Å². The summed E-state index contributed by atoms with van der Waals surface area (Å²) < 4.78 is 34.1. The molecule has 0 saturated heterocycles. The van der Waals surface area contributed by atoms with Crippen molar-refractivity contribution in [3.63, 3.8) is 0 Å². The van der Waals surface area contributed by atoms with Crippen molar-refractivity contribution < 1.29 is 18.3 Å². The number of rotatable bonds is 3. The highest BCUT2D eigenvalue weighted by atomic mass is 19.3. The summed E-state index contributed by atoms with van der Waals surface area (Å²) in [5.74, 6) is -4.54. The normalized spacial score (nSPS) is 35.5. The minimum Gasteiger partial charge on any atom is -0.460 e. The van der Waals surface area contributed by atoms with Crippen molar-refractivity contribution in [2.75, 3.05) is 0 Å². The lowest BCUT2D eigenvalue weighted by Gasteiger charge is -2.21. The van der Waals surface area contributed by atoms with E-state index >= 15 is 0 Å². The summed E-state index contributed by atoms with van der Waals surface area (Å²) >= 11 is 0. The number of hydrogen-bond donors (Lipinski definition) is 0. The Morgan fingerprint density at radius 3 is 2.70 bits per heavy atom. The van der Waals surface area contributed by atoms with Crippen LogP contribution in [0.4, 0.5) is 8.78 Å². The molecule has 0 N–H and O–H groups in total. The summed E-state index contributed by atoms with van der Waals surface area (Å²) in [5.41, 5.74) is 0.0868. The van der Waals surface area contributed by atoms with Crippen LogP contribution >= 0.6 is 0 Å². The van der Waals surface area contributed by atoms with Gasteiger partial charge in [0.25, 0.3) is 5.92 Å². The average Bonchev–Trinajstić information content (AvgIpc) is 2.81. The summed E-state index contributed by atoms with van der Waals surface area (Å²) in [6, 6.07) is 9.24. The topological polar surface area (TPSA) is 39.2 Å². The summed E-state index contributed by atoms with van der Waals surface area (Å²) in [5, 5.41) is 0.884. The van der Waals surface area contributed by atoms with Gasteiger partial charge in [0.2, 0.25) is 0 Å². The molecule has 4 aliphatic carbocycles. The number of alkyl halides is 2. The van der Waals surface area contributed by atoms with Crippen molar-refractivity contribution >= 4 is 16.9 Å².